The fourth-order valence-corrected chi connectivity index (χ4v) is 5.43. The van der Waals surface area contributed by atoms with Crippen LogP contribution in [0, 0.1) is 10.8 Å². The first-order valence-corrected chi connectivity index (χ1v) is 11.3. The van der Waals surface area contributed by atoms with Crippen LogP contribution in [0.25, 0.3) is 0 Å². The molecule has 1 spiro atoms. The van der Waals surface area contributed by atoms with Gasteiger partial charge in [0.05, 0.1) is 24.2 Å². The van der Waals surface area contributed by atoms with E-state index >= 15 is 0 Å². The number of benzene rings is 1. The molecule has 3 amide bonds. The highest BCUT2D eigenvalue weighted by Gasteiger charge is 2.74. The molecule has 0 aromatic heterocycles. The average Bonchev–Trinajstić information content (AvgIpc) is 3.41. The van der Waals surface area contributed by atoms with Gasteiger partial charge in [-0.1, -0.05) is 6.07 Å². The maximum Gasteiger partial charge on any atom is 0.416 e. The monoisotopic (exact) mass is 524 g/mol. The third-order valence-electron chi connectivity index (χ3n) is 7.19. The third-order valence-corrected chi connectivity index (χ3v) is 7.19. The standard InChI is InChI=1S/C21H23F3N8O5/c22-21(23,24)10-3-1-2-9(6-10)16(35)28-12-8-32-18(26)27-11(7-31-13(33)4-5-14(31)34)15-19(32,20(12,36)37)30-17(25)29-15/h1-3,6,11-12,15,36-37H,4-5,7-8H2,(H2,26,27)(H,28,35)(H3,25,29,30). The van der Waals surface area contributed by atoms with Gasteiger partial charge >= 0.3 is 6.18 Å². The van der Waals surface area contributed by atoms with Gasteiger partial charge in [0.2, 0.25) is 17.6 Å². The van der Waals surface area contributed by atoms with Crippen molar-refractivity contribution < 1.29 is 37.8 Å². The molecular weight excluding hydrogens is 501 g/mol. The van der Waals surface area contributed by atoms with Gasteiger partial charge in [0.15, 0.2) is 17.6 Å². The van der Waals surface area contributed by atoms with Gasteiger partial charge in [-0.25, -0.2) is 0 Å². The number of hydrogen-bond donors (Lipinski definition) is 8. The van der Waals surface area contributed by atoms with Crippen LogP contribution in [0.2, 0.25) is 0 Å². The number of aliphatic hydroxyl groups is 2. The van der Waals surface area contributed by atoms with E-state index in [-0.39, 0.29) is 43.4 Å². The lowest BCUT2D eigenvalue weighted by molar-refractivity contribution is -0.232. The molecule has 4 atom stereocenters. The quantitative estimate of drug-likeness (QED) is 0.163. The van der Waals surface area contributed by atoms with Crippen molar-refractivity contribution in [2.24, 2.45) is 0 Å². The molecule has 4 fully saturated rings. The van der Waals surface area contributed by atoms with Crippen LogP contribution in [-0.2, 0) is 15.8 Å². The largest absolute Gasteiger partial charge is 0.416 e. The SMILES string of the molecule is N=C1NC2C(CN3C(=O)CCC3=O)NC(=N)N3CC(NC(=O)c4cccc(C(F)(F)F)c4)C(O)(O)C23N1. The van der Waals surface area contributed by atoms with Gasteiger partial charge < -0.3 is 36.4 Å². The van der Waals surface area contributed by atoms with Gasteiger partial charge in [-0.3, -0.25) is 30.1 Å². The zero-order chi connectivity index (χ0) is 26.9. The maximum atomic E-state index is 13.1. The molecule has 13 nitrogen and oxygen atoms in total. The minimum atomic E-state index is -4.69. The van der Waals surface area contributed by atoms with Crippen LogP contribution in [0.1, 0.15) is 28.8 Å². The summed E-state index contributed by atoms with van der Waals surface area (Å²) in [7, 11) is 0. The second-order valence-electron chi connectivity index (χ2n) is 9.33. The number of nitrogens with one attached hydrogen (secondary N) is 6. The molecule has 198 valence electrons. The molecule has 4 unspecified atom stereocenters. The number of imide groups is 1. The number of hydrogen-bond acceptors (Lipinski definition) is 7. The van der Waals surface area contributed by atoms with Crippen molar-refractivity contribution in [3.8, 4) is 0 Å². The van der Waals surface area contributed by atoms with Crippen molar-refractivity contribution in [2.45, 2.75) is 48.6 Å². The summed E-state index contributed by atoms with van der Waals surface area (Å²) in [5, 5.41) is 49.8. The molecule has 0 saturated carbocycles. The molecule has 0 aliphatic carbocycles. The van der Waals surface area contributed by atoms with E-state index in [0.717, 1.165) is 23.1 Å². The van der Waals surface area contributed by atoms with Crippen LogP contribution in [0.4, 0.5) is 13.2 Å². The number of alkyl halides is 3. The summed E-state index contributed by atoms with van der Waals surface area (Å²) in [5.41, 5.74) is -3.42. The number of rotatable bonds is 4. The van der Waals surface area contributed by atoms with Crippen molar-refractivity contribution in [1.29, 1.82) is 10.8 Å². The molecule has 1 aromatic rings. The average molecular weight is 524 g/mol. The Morgan fingerprint density at radius 2 is 1.84 bits per heavy atom. The number of nitrogens with zero attached hydrogens (tertiary/aromatic N) is 2. The molecule has 4 aliphatic rings. The first kappa shape index (κ1) is 24.8. The second kappa shape index (κ2) is 8.04. The number of halogens is 3. The number of likely N-dealkylation sites (tertiary alicyclic amines) is 1. The van der Waals surface area contributed by atoms with E-state index in [0.29, 0.717) is 6.07 Å². The fourth-order valence-electron chi connectivity index (χ4n) is 5.43. The molecule has 0 radical (unpaired) electrons. The van der Waals surface area contributed by atoms with E-state index in [1.54, 1.807) is 0 Å². The molecule has 1 aromatic carbocycles. The molecule has 5 rings (SSSR count). The van der Waals surface area contributed by atoms with Crippen molar-refractivity contribution in [3.63, 3.8) is 0 Å². The molecule has 37 heavy (non-hydrogen) atoms. The second-order valence-corrected chi connectivity index (χ2v) is 9.33. The smallest absolute Gasteiger partial charge is 0.361 e. The van der Waals surface area contributed by atoms with Crippen LogP contribution >= 0.6 is 0 Å². The molecule has 16 heteroatoms. The van der Waals surface area contributed by atoms with E-state index in [1.807, 2.05) is 0 Å². The van der Waals surface area contributed by atoms with Gasteiger partial charge in [0.1, 0.15) is 6.04 Å². The van der Waals surface area contributed by atoms with Gasteiger partial charge in [-0.05, 0) is 18.2 Å². The van der Waals surface area contributed by atoms with Gasteiger partial charge in [0.25, 0.3) is 5.91 Å². The maximum absolute atomic E-state index is 13.1. The molecule has 8 N–H and O–H groups in total. The lowest BCUT2D eigenvalue weighted by Crippen LogP contribution is -2.81. The Labute approximate surface area is 207 Å². The summed E-state index contributed by atoms with van der Waals surface area (Å²) in [5.74, 6) is -5.40. The number of carbonyl (C=O) groups excluding carboxylic acids is 3. The van der Waals surface area contributed by atoms with E-state index in [4.69, 9.17) is 10.8 Å². The Balaban J connectivity index is 1.44. The molecule has 0 bridgehead atoms. The van der Waals surface area contributed by atoms with Crippen molar-refractivity contribution in [2.75, 3.05) is 13.1 Å². The minimum absolute atomic E-state index is 0.0278. The predicted molar refractivity (Wildman–Crippen MR) is 118 cm³/mol. The topological polar surface area (TPSA) is 194 Å². The highest BCUT2D eigenvalue weighted by Crippen LogP contribution is 2.43. The Kier molecular flexibility index (Phi) is 5.38. The van der Waals surface area contributed by atoms with Crippen molar-refractivity contribution >= 4 is 29.6 Å². The minimum Gasteiger partial charge on any atom is -0.361 e. The summed E-state index contributed by atoms with van der Waals surface area (Å²) >= 11 is 0. The lowest BCUT2D eigenvalue weighted by atomic mass is 9.84. The zero-order valence-electron chi connectivity index (χ0n) is 19.0. The van der Waals surface area contributed by atoms with Crippen LogP contribution in [0.3, 0.4) is 0 Å². The number of guanidine groups is 2. The van der Waals surface area contributed by atoms with Crippen LogP contribution in [0.5, 0.6) is 0 Å². The Morgan fingerprint density at radius 1 is 1.16 bits per heavy atom. The van der Waals surface area contributed by atoms with Crippen molar-refractivity contribution in [3.05, 3.63) is 35.4 Å². The molecule has 4 heterocycles. The lowest BCUT2D eigenvalue weighted by Gasteiger charge is -2.51. The number of amides is 3. The normalized spacial score (nSPS) is 30.5. The van der Waals surface area contributed by atoms with E-state index in [9.17, 15) is 37.8 Å². The van der Waals surface area contributed by atoms with Crippen LogP contribution < -0.4 is 21.3 Å². The van der Waals surface area contributed by atoms with E-state index < -0.39 is 59.0 Å². The first-order chi connectivity index (χ1) is 17.3. The Morgan fingerprint density at radius 3 is 2.49 bits per heavy atom. The van der Waals surface area contributed by atoms with Gasteiger partial charge in [0, 0.05) is 24.9 Å². The van der Waals surface area contributed by atoms with Crippen LogP contribution in [0.15, 0.2) is 24.3 Å². The van der Waals surface area contributed by atoms with Gasteiger partial charge in [-0.15, -0.1) is 0 Å². The summed E-state index contributed by atoms with van der Waals surface area (Å²) < 4.78 is 39.3. The van der Waals surface area contributed by atoms with Crippen molar-refractivity contribution in [1.82, 2.24) is 31.1 Å². The summed E-state index contributed by atoms with van der Waals surface area (Å²) in [6.07, 6.45) is -4.64. The fraction of sp³-hybridized carbons (Fsp3) is 0.476. The Bertz CT molecular complexity index is 1210. The molecule has 4 saturated heterocycles. The Hall–Kier alpha value is -3.92. The summed E-state index contributed by atoms with van der Waals surface area (Å²) in [4.78, 5) is 39.3. The van der Waals surface area contributed by atoms with Gasteiger partial charge in [-0.2, -0.15) is 13.2 Å². The number of carbonyl (C=O) groups is 3. The van der Waals surface area contributed by atoms with E-state index in [1.165, 1.54) is 4.90 Å². The molecular formula is C21H23F3N8O5. The zero-order valence-corrected chi connectivity index (χ0v) is 19.0. The summed E-state index contributed by atoms with van der Waals surface area (Å²) in [6, 6.07) is 0.0741. The highest BCUT2D eigenvalue weighted by atomic mass is 19.4. The molecule has 4 aliphatic heterocycles. The third kappa shape index (κ3) is 3.66. The highest BCUT2D eigenvalue weighted by molar-refractivity contribution is 6.02. The first-order valence-electron chi connectivity index (χ1n) is 11.3. The summed E-state index contributed by atoms with van der Waals surface area (Å²) in [6.45, 7) is -0.587. The van der Waals surface area contributed by atoms with E-state index in [2.05, 4.69) is 21.3 Å². The van der Waals surface area contributed by atoms with Crippen LogP contribution in [-0.4, -0.2) is 92.3 Å². The predicted octanol–water partition coefficient (Wildman–Crippen LogP) is -1.95.